The van der Waals surface area contributed by atoms with Crippen LogP contribution in [0.25, 0.3) is 0 Å². The number of amides is 2. The molecule has 3 aromatic rings. The number of carbonyl (C=O) groups excluding carboxylic acids is 2. The van der Waals surface area contributed by atoms with Gasteiger partial charge in [0.15, 0.2) is 0 Å². The van der Waals surface area contributed by atoms with Crippen molar-refractivity contribution >= 4 is 33.4 Å². The summed E-state index contributed by atoms with van der Waals surface area (Å²) >= 11 is 0. The minimum absolute atomic E-state index is 0.187. The highest BCUT2D eigenvalue weighted by Crippen LogP contribution is 2.23. The molecule has 0 bridgehead atoms. The number of para-hydroxylation sites is 2. The summed E-state index contributed by atoms with van der Waals surface area (Å²) in [4.78, 5) is 29.5. The molecule has 2 aromatic carbocycles. The topological polar surface area (TPSA) is 112 Å². The predicted octanol–water partition coefficient (Wildman–Crippen LogP) is 2.40. The molecule has 2 N–H and O–H groups in total. The summed E-state index contributed by atoms with van der Waals surface area (Å²) < 4.78 is 41.5. The van der Waals surface area contributed by atoms with E-state index in [4.69, 9.17) is 0 Å². The number of halogens is 1. The molecule has 0 saturated heterocycles. The molecule has 34 heavy (non-hydrogen) atoms. The molecule has 2 amide bonds. The maximum Gasteiger partial charge on any atom is 0.304 e. The number of benzene rings is 2. The molecule has 0 atom stereocenters. The van der Waals surface area contributed by atoms with Crippen LogP contribution in [0.2, 0.25) is 0 Å². The first kappa shape index (κ1) is 24.8. The van der Waals surface area contributed by atoms with Crippen LogP contribution >= 0.6 is 0 Å². The van der Waals surface area contributed by atoms with Gasteiger partial charge in [0.2, 0.25) is 5.91 Å². The molecule has 0 aliphatic rings. The van der Waals surface area contributed by atoms with Crippen molar-refractivity contribution in [2.45, 2.75) is 6.54 Å². The van der Waals surface area contributed by atoms with Crippen LogP contribution in [0.1, 0.15) is 15.9 Å². The summed E-state index contributed by atoms with van der Waals surface area (Å²) in [5.41, 5.74) is 0.903. The van der Waals surface area contributed by atoms with Gasteiger partial charge >= 0.3 is 10.2 Å². The van der Waals surface area contributed by atoms with E-state index in [0.29, 0.717) is 4.31 Å². The van der Waals surface area contributed by atoms with Crippen LogP contribution in [0.15, 0.2) is 73.1 Å². The van der Waals surface area contributed by atoms with Gasteiger partial charge in [0.05, 0.1) is 16.9 Å². The van der Waals surface area contributed by atoms with Gasteiger partial charge in [-0.25, -0.2) is 8.70 Å². The average Bonchev–Trinajstić information content (AvgIpc) is 2.82. The van der Waals surface area contributed by atoms with Gasteiger partial charge in [0.25, 0.3) is 5.91 Å². The Bertz CT molecular complexity index is 1270. The summed E-state index contributed by atoms with van der Waals surface area (Å²) in [5.74, 6) is -1.98. The number of carbonyl (C=O) groups is 2. The highest BCUT2D eigenvalue weighted by Gasteiger charge is 2.29. The van der Waals surface area contributed by atoms with E-state index < -0.39 is 34.4 Å². The van der Waals surface area contributed by atoms with Crippen molar-refractivity contribution in [1.82, 2.24) is 14.6 Å². The van der Waals surface area contributed by atoms with Crippen LogP contribution in [0.5, 0.6) is 0 Å². The largest absolute Gasteiger partial charge is 0.348 e. The normalized spacial score (nSPS) is 11.2. The third-order valence-corrected chi connectivity index (χ3v) is 6.58. The van der Waals surface area contributed by atoms with Crippen LogP contribution in [-0.2, 0) is 21.5 Å². The third kappa shape index (κ3) is 5.94. The second kappa shape index (κ2) is 10.9. The van der Waals surface area contributed by atoms with Crippen molar-refractivity contribution in [3.63, 3.8) is 0 Å². The zero-order valence-corrected chi connectivity index (χ0v) is 19.4. The van der Waals surface area contributed by atoms with Crippen molar-refractivity contribution in [3.8, 4) is 0 Å². The molecule has 0 fully saturated rings. The molecular formula is C23H24FN5O4S. The lowest BCUT2D eigenvalue weighted by atomic mass is 10.1. The molecule has 178 valence electrons. The van der Waals surface area contributed by atoms with Gasteiger partial charge in [0, 0.05) is 33.0 Å². The van der Waals surface area contributed by atoms with E-state index in [1.54, 1.807) is 30.6 Å². The Kier molecular flexibility index (Phi) is 7.92. The minimum atomic E-state index is -4.19. The first-order valence-corrected chi connectivity index (χ1v) is 11.6. The summed E-state index contributed by atoms with van der Waals surface area (Å²) in [5, 5.41) is 5.31. The lowest BCUT2D eigenvalue weighted by Crippen LogP contribution is -2.44. The molecule has 0 saturated carbocycles. The zero-order valence-electron chi connectivity index (χ0n) is 18.6. The van der Waals surface area contributed by atoms with E-state index in [2.05, 4.69) is 15.6 Å². The molecule has 0 aliphatic carbocycles. The Morgan fingerprint density at radius 1 is 1.00 bits per heavy atom. The summed E-state index contributed by atoms with van der Waals surface area (Å²) in [6, 6.07) is 15.1. The molecule has 3 rings (SSSR count). The predicted molar refractivity (Wildman–Crippen MR) is 127 cm³/mol. The molecule has 1 aromatic heterocycles. The number of nitrogens with one attached hydrogen (secondary N) is 2. The highest BCUT2D eigenvalue weighted by atomic mass is 32.2. The van der Waals surface area contributed by atoms with Gasteiger partial charge in [-0.05, 0) is 35.9 Å². The van der Waals surface area contributed by atoms with Gasteiger partial charge in [-0.2, -0.15) is 12.7 Å². The lowest BCUT2D eigenvalue weighted by molar-refractivity contribution is -0.114. The van der Waals surface area contributed by atoms with Gasteiger partial charge in [0.1, 0.15) is 12.4 Å². The van der Waals surface area contributed by atoms with Crippen LogP contribution in [0, 0.1) is 5.82 Å². The maximum absolute atomic E-state index is 14.4. The van der Waals surface area contributed by atoms with E-state index in [1.165, 1.54) is 44.4 Å². The van der Waals surface area contributed by atoms with Crippen molar-refractivity contribution < 1.29 is 22.4 Å². The quantitative estimate of drug-likeness (QED) is 0.484. The van der Waals surface area contributed by atoms with Crippen LogP contribution in [-0.4, -0.2) is 50.2 Å². The van der Waals surface area contributed by atoms with Crippen molar-refractivity contribution in [1.29, 1.82) is 0 Å². The molecule has 0 unspecified atom stereocenters. The first-order chi connectivity index (χ1) is 16.2. The maximum atomic E-state index is 14.4. The third-order valence-electron chi connectivity index (χ3n) is 4.77. The standard InChI is InChI=1S/C23H24FN5O4S/c1-28(2)34(32,33)29(21-12-6-4-10-19(21)24)16-22(30)27-20-11-5-3-9-18(20)23(31)26-15-17-8-7-13-25-14-17/h3-14H,15-16H2,1-2H3,(H,26,31)(H,27,30). The van der Waals surface area contributed by atoms with Gasteiger partial charge < -0.3 is 10.6 Å². The Morgan fingerprint density at radius 3 is 2.38 bits per heavy atom. The van der Waals surface area contributed by atoms with E-state index in [0.717, 1.165) is 15.9 Å². The number of nitrogens with zero attached hydrogens (tertiary/aromatic N) is 3. The molecule has 11 heteroatoms. The van der Waals surface area contributed by atoms with Gasteiger partial charge in [-0.1, -0.05) is 30.3 Å². The Morgan fingerprint density at radius 2 is 1.71 bits per heavy atom. The lowest BCUT2D eigenvalue weighted by Gasteiger charge is -2.27. The average molecular weight is 486 g/mol. The fourth-order valence-electron chi connectivity index (χ4n) is 3.03. The smallest absolute Gasteiger partial charge is 0.304 e. The zero-order chi connectivity index (χ0) is 24.7. The van der Waals surface area contributed by atoms with E-state index in [-0.39, 0.29) is 23.5 Å². The number of hydrogen-bond donors (Lipinski definition) is 2. The van der Waals surface area contributed by atoms with Crippen molar-refractivity contribution in [2.24, 2.45) is 0 Å². The summed E-state index contributed by atoms with van der Waals surface area (Å²) in [6.07, 6.45) is 3.24. The molecular weight excluding hydrogens is 461 g/mol. The van der Waals surface area contributed by atoms with Crippen LogP contribution in [0.3, 0.4) is 0 Å². The number of rotatable bonds is 9. The summed E-state index contributed by atoms with van der Waals surface area (Å²) in [7, 11) is -1.63. The molecule has 0 radical (unpaired) electrons. The number of hydrogen-bond acceptors (Lipinski definition) is 5. The monoisotopic (exact) mass is 485 g/mol. The van der Waals surface area contributed by atoms with E-state index in [1.807, 2.05) is 6.07 Å². The van der Waals surface area contributed by atoms with Crippen molar-refractivity contribution in [3.05, 3.63) is 90.0 Å². The van der Waals surface area contributed by atoms with E-state index in [9.17, 15) is 22.4 Å². The first-order valence-electron chi connectivity index (χ1n) is 10.2. The van der Waals surface area contributed by atoms with Gasteiger partial charge in [-0.15, -0.1) is 0 Å². The highest BCUT2D eigenvalue weighted by molar-refractivity contribution is 7.90. The Balaban J connectivity index is 1.79. The number of anilines is 2. The fraction of sp³-hybridized carbons (Fsp3) is 0.174. The second-order valence-corrected chi connectivity index (χ2v) is 9.45. The van der Waals surface area contributed by atoms with E-state index >= 15 is 0 Å². The molecule has 1 heterocycles. The Hall–Kier alpha value is -3.83. The van der Waals surface area contributed by atoms with Crippen molar-refractivity contribution in [2.75, 3.05) is 30.3 Å². The summed E-state index contributed by atoms with van der Waals surface area (Å²) in [6.45, 7) is -0.468. The SMILES string of the molecule is CN(C)S(=O)(=O)N(CC(=O)Nc1ccccc1C(=O)NCc1cccnc1)c1ccccc1F. The molecule has 9 nitrogen and oxygen atoms in total. The second-order valence-electron chi connectivity index (χ2n) is 7.39. The van der Waals surface area contributed by atoms with Gasteiger partial charge in [-0.3, -0.25) is 14.6 Å². The molecule has 0 aliphatic heterocycles. The fourth-order valence-corrected chi connectivity index (χ4v) is 4.10. The van der Waals surface area contributed by atoms with Crippen LogP contribution in [0.4, 0.5) is 15.8 Å². The number of pyridine rings is 1. The molecule has 0 spiro atoms. The number of aromatic nitrogens is 1. The van der Waals surface area contributed by atoms with Crippen LogP contribution < -0.4 is 14.9 Å². The Labute approximate surface area is 197 Å². The minimum Gasteiger partial charge on any atom is -0.348 e.